The molecule has 1 aromatic heterocycles. The molecule has 0 atom stereocenters. The first-order valence-corrected chi connectivity index (χ1v) is 5.40. The third-order valence-electron chi connectivity index (χ3n) is 2.31. The highest BCUT2D eigenvalue weighted by molar-refractivity contribution is 5.82. The smallest absolute Gasteiger partial charge is 0.373 e. The Bertz CT molecular complexity index is 552. The van der Waals surface area contributed by atoms with Gasteiger partial charge in [-0.2, -0.15) is 0 Å². The molecule has 2 rings (SSSR count). The number of carboxylic acid groups (broad SMARTS) is 1. The van der Waals surface area contributed by atoms with Gasteiger partial charge in [-0.15, -0.1) is 0 Å². The van der Waals surface area contributed by atoms with Gasteiger partial charge in [0, 0.05) is 6.20 Å². The summed E-state index contributed by atoms with van der Waals surface area (Å²) in [6.07, 6.45) is 1.41. The third-order valence-corrected chi connectivity index (χ3v) is 2.31. The number of nitrogens with zero attached hydrogens (tertiary/aromatic N) is 2. The van der Waals surface area contributed by atoms with Crippen LogP contribution in [0.1, 0.15) is 21.9 Å². The second-order valence-electron chi connectivity index (χ2n) is 3.78. The van der Waals surface area contributed by atoms with Gasteiger partial charge < -0.3 is 9.84 Å². The lowest BCUT2D eigenvalue weighted by Gasteiger charge is -2.06. The fraction of sp³-hybridized carbons (Fsp3) is 0.154. The van der Waals surface area contributed by atoms with Crippen LogP contribution in [0.15, 0.2) is 36.5 Å². The number of rotatable bonds is 4. The van der Waals surface area contributed by atoms with Gasteiger partial charge in [-0.3, -0.25) is 0 Å². The van der Waals surface area contributed by atoms with E-state index < -0.39 is 5.97 Å². The zero-order valence-electron chi connectivity index (χ0n) is 9.83. The maximum atomic E-state index is 10.7. The Kier molecular flexibility index (Phi) is 3.52. The fourth-order valence-corrected chi connectivity index (χ4v) is 1.37. The zero-order chi connectivity index (χ0) is 13.0. The summed E-state index contributed by atoms with van der Waals surface area (Å²) in [5, 5.41) is 8.76. The Hall–Kier alpha value is -2.43. The van der Waals surface area contributed by atoms with Gasteiger partial charge in [0.25, 0.3) is 0 Å². The van der Waals surface area contributed by atoms with Crippen LogP contribution in [0.5, 0.6) is 5.75 Å². The number of aromatic carboxylic acids is 1. The van der Waals surface area contributed by atoms with E-state index in [0.29, 0.717) is 5.69 Å². The van der Waals surface area contributed by atoms with Crippen LogP contribution in [0.3, 0.4) is 0 Å². The van der Waals surface area contributed by atoms with E-state index in [2.05, 4.69) is 9.97 Å². The Morgan fingerprint density at radius 3 is 2.67 bits per heavy atom. The maximum Gasteiger partial charge on any atom is 0.373 e. The Balaban J connectivity index is 2.04. The molecule has 0 unspecified atom stereocenters. The number of hydrogen-bond acceptors (Lipinski definition) is 4. The van der Waals surface area contributed by atoms with E-state index in [1.54, 1.807) is 6.07 Å². The molecule has 0 saturated heterocycles. The standard InChI is InChI=1S/C13H12N2O3/c1-9-2-4-11(5-3-9)18-8-10-6-7-14-12(15-10)13(16)17/h2-7H,8H2,1H3,(H,16,17). The molecule has 0 aliphatic carbocycles. The molecular weight excluding hydrogens is 232 g/mol. The van der Waals surface area contributed by atoms with E-state index in [1.807, 2.05) is 31.2 Å². The van der Waals surface area contributed by atoms with E-state index in [4.69, 9.17) is 9.84 Å². The summed E-state index contributed by atoms with van der Waals surface area (Å²) in [6.45, 7) is 2.21. The minimum atomic E-state index is -1.15. The third kappa shape index (κ3) is 3.04. The topological polar surface area (TPSA) is 72.3 Å². The number of hydrogen-bond donors (Lipinski definition) is 1. The highest BCUT2D eigenvalue weighted by Crippen LogP contribution is 2.12. The van der Waals surface area contributed by atoms with Crippen molar-refractivity contribution in [3.8, 4) is 5.75 Å². The van der Waals surface area contributed by atoms with Gasteiger partial charge >= 0.3 is 5.97 Å². The number of carboxylic acids is 1. The van der Waals surface area contributed by atoms with E-state index in [0.717, 1.165) is 11.3 Å². The summed E-state index contributed by atoms with van der Waals surface area (Å²) in [6, 6.07) is 9.22. The lowest BCUT2D eigenvalue weighted by atomic mass is 10.2. The molecule has 0 aliphatic heterocycles. The molecule has 1 aromatic carbocycles. The minimum absolute atomic E-state index is 0.214. The van der Waals surface area contributed by atoms with E-state index >= 15 is 0 Å². The SMILES string of the molecule is Cc1ccc(OCc2ccnc(C(=O)O)n2)cc1. The summed E-state index contributed by atoms with van der Waals surface area (Å²) in [7, 11) is 0. The van der Waals surface area contributed by atoms with Crippen LogP contribution in [-0.2, 0) is 6.61 Å². The molecule has 0 aliphatic rings. The van der Waals surface area contributed by atoms with Crippen LogP contribution in [-0.4, -0.2) is 21.0 Å². The van der Waals surface area contributed by atoms with Crippen molar-refractivity contribution < 1.29 is 14.6 Å². The molecule has 18 heavy (non-hydrogen) atoms. The zero-order valence-corrected chi connectivity index (χ0v) is 9.83. The molecule has 0 radical (unpaired) electrons. The van der Waals surface area contributed by atoms with Gasteiger partial charge in [0.2, 0.25) is 5.82 Å². The Morgan fingerprint density at radius 2 is 2.00 bits per heavy atom. The van der Waals surface area contributed by atoms with Gasteiger partial charge in [0.15, 0.2) is 0 Å². The number of aryl methyl sites for hydroxylation is 1. The van der Waals surface area contributed by atoms with Crippen molar-refractivity contribution in [3.05, 3.63) is 53.6 Å². The molecule has 0 spiro atoms. The monoisotopic (exact) mass is 244 g/mol. The van der Waals surface area contributed by atoms with Gasteiger partial charge in [0.05, 0.1) is 5.69 Å². The summed E-state index contributed by atoms with van der Waals surface area (Å²) < 4.78 is 5.50. The lowest BCUT2D eigenvalue weighted by molar-refractivity contribution is 0.0682. The first-order chi connectivity index (χ1) is 8.65. The predicted molar refractivity (Wildman–Crippen MR) is 64.5 cm³/mol. The van der Waals surface area contributed by atoms with Crippen LogP contribution in [0.25, 0.3) is 0 Å². The van der Waals surface area contributed by atoms with Gasteiger partial charge in [-0.25, -0.2) is 14.8 Å². The van der Waals surface area contributed by atoms with Crippen molar-refractivity contribution in [3.63, 3.8) is 0 Å². The number of ether oxygens (including phenoxy) is 1. The molecular formula is C13H12N2O3. The molecule has 5 nitrogen and oxygen atoms in total. The van der Waals surface area contributed by atoms with Crippen molar-refractivity contribution >= 4 is 5.97 Å². The molecule has 0 bridgehead atoms. The van der Waals surface area contributed by atoms with Crippen LogP contribution >= 0.6 is 0 Å². The molecule has 0 saturated carbocycles. The van der Waals surface area contributed by atoms with Crippen molar-refractivity contribution in [2.75, 3.05) is 0 Å². The van der Waals surface area contributed by atoms with Crippen molar-refractivity contribution in [1.82, 2.24) is 9.97 Å². The van der Waals surface area contributed by atoms with E-state index in [-0.39, 0.29) is 12.4 Å². The van der Waals surface area contributed by atoms with Crippen LogP contribution in [0, 0.1) is 6.92 Å². The first-order valence-electron chi connectivity index (χ1n) is 5.40. The van der Waals surface area contributed by atoms with Crippen molar-refractivity contribution in [1.29, 1.82) is 0 Å². The molecule has 92 valence electrons. The number of carbonyl (C=O) groups is 1. The number of aromatic nitrogens is 2. The average Bonchev–Trinajstić information content (AvgIpc) is 2.38. The summed E-state index contributed by atoms with van der Waals surface area (Å²) in [4.78, 5) is 18.2. The minimum Gasteiger partial charge on any atom is -0.487 e. The Labute approximate surface area is 104 Å². The number of benzene rings is 1. The van der Waals surface area contributed by atoms with Crippen molar-refractivity contribution in [2.45, 2.75) is 13.5 Å². The van der Waals surface area contributed by atoms with E-state index in [9.17, 15) is 4.79 Å². The van der Waals surface area contributed by atoms with Gasteiger partial charge in [0.1, 0.15) is 12.4 Å². The summed E-state index contributed by atoms with van der Waals surface area (Å²) in [5.74, 6) is -0.650. The van der Waals surface area contributed by atoms with Gasteiger partial charge in [-0.05, 0) is 25.1 Å². The first kappa shape index (κ1) is 12.0. The maximum absolute atomic E-state index is 10.7. The molecule has 0 fully saturated rings. The van der Waals surface area contributed by atoms with Crippen LogP contribution in [0.2, 0.25) is 0 Å². The predicted octanol–water partition coefficient (Wildman–Crippen LogP) is 2.06. The molecule has 5 heteroatoms. The highest BCUT2D eigenvalue weighted by atomic mass is 16.5. The van der Waals surface area contributed by atoms with Crippen LogP contribution < -0.4 is 4.74 Å². The molecule has 0 amide bonds. The lowest BCUT2D eigenvalue weighted by Crippen LogP contribution is -2.07. The molecule has 2 aromatic rings. The second-order valence-corrected chi connectivity index (χ2v) is 3.78. The molecule has 1 N–H and O–H groups in total. The van der Waals surface area contributed by atoms with Gasteiger partial charge in [-0.1, -0.05) is 17.7 Å². The van der Waals surface area contributed by atoms with Crippen LogP contribution in [0.4, 0.5) is 0 Å². The quantitative estimate of drug-likeness (QED) is 0.891. The van der Waals surface area contributed by atoms with E-state index in [1.165, 1.54) is 6.20 Å². The fourth-order valence-electron chi connectivity index (χ4n) is 1.37. The second kappa shape index (κ2) is 5.27. The summed E-state index contributed by atoms with van der Waals surface area (Å²) >= 11 is 0. The average molecular weight is 244 g/mol. The largest absolute Gasteiger partial charge is 0.487 e. The van der Waals surface area contributed by atoms with Crippen molar-refractivity contribution in [2.24, 2.45) is 0 Å². The summed E-state index contributed by atoms with van der Waals surface area (Å²) in [5.41, 5.74) is 1.68. The normalized spacial score (nSPS) is 10.1. The molecule has 1 heterocycles. The Morgan fingerprint density at radius 1 is 1.28 bits per heavy atom. The highest BCUT2D eigenvalue weighted by Gasteiger charge is 2.07.